The molecule has 2 amide bonds. The Bertz CT molecular complexity index is 1540. The van der Waals surface area contributed by atoms with Crippen molar-refractivity contribution in [1.82, 2.24) is 19.9 Å². The first kappa shape index (κ1) is 26.6. The van der Waals surface area contributed by atoms with Gasteiger partial charge in [0.2, 0.25) is 11.7 Å². The molecule has 12 heteroatoms. The minimum atomic E-state index is -0.690. The number of hydrogen-bond donors (Lipinski definition) is 1. The van der Waals surface area contributed by atoms with Gasteiger partial charge in [-0.15, -0.1) is 0 Å². The van der Waals surface area contributed by atoms with Crippen molar-refractivity contribution in [3.8, 4) is 22.9 Å². The van der Waals surface area contributed by atoms with Crippen LogP contribution in [0.15, 0.2) is 59.3 Å². The lowest BCUT2D eigenvalue weighted by molar-refractivity contribution is -0.116. The molecule has 0 aliphatic heterocycles. The number of aryl methyl sites for hydroxylation is 1. The molecule has 2 aromatic carbocycles. The summed E-state index contributed by atoms with van der Waals surface area (Å²) in [6.07, 6.45) is 3.87. The summed E-state index contributed by atoms with van der Waals surface area (Å²) in [5, 5.41) is 10.8. The van der Waals surface area contributed by atoms with E-state index in [9.17, 15) is 14.4 Å². The summed E-state index contributed by atoms with van der Waals surface area (Å²) in [4.78, 5) is 43.2. The van der Waals surface area contributed by atoms with E-state index in [0.29, 0.717) is 46.6 Å². The highest BCUT2D eigenvalue weighted by Crippen LogP contribution is 2.34. The topological polar surface area (TPSA) is 142 Å². The lowest BCUT2D eigenvalue weighted by Gasteiger charge is -2.22. The Morgan fingerprint density at radius 2 is 1.88 bits per heavy atom. The molecule has 0 unspecified atom stereocenters. The van der Waals surface area contributed by atoms with E-state index in [0.717, 1.165) is 12.8 Å². The highest BCUT2D eigenvalue weighted by molar-refractivity contribution is 6.05. The average Bonchev–Trinajstić information content (AvgIpc) is 3.45. The first-order valence-corrected chi connectivity index (χ1v) is 12.8. The third-order valence-electron chi connectivity index (χ3n) is 6.16. The van der Waals surface area contributed by atoms with Gasteiger partial charge >= 0.3 is 11.9 Å². The van der Waals surface area contributed by atoms with E-state index in [1.165, 1.54) is 6.92 Å². The van der Waals surface area contributed by atoms with Crippen molar-refractivity contribution in [3.05, 3.63) is 66.2 Å². The Balaban J connectivity index is 1.39. The van der Waals surface area contributed by atoms with Crippen molar-refractivity contribution in [3.63, 3.8) is 0 Å². The Labute approximate surface area is 229 Å². The zero-order valence-electron chi connectivity index (χ0n) is 22.3. The predicted octanol–water partition coefficient (Wildman–Crippen LogP) is 4.45. The van der Waals surface area contributed by atoms with E-state index < -0.39 is 5.97 Å². The molecule has 4 aromatic rings. The quantitative estimate of drug-likeness (QED) is 0.286. The lowest BCUT2D eigenvalue weighted by atomic mass is 10.1. The number of esters is 1. The number of anilines is 2. The van der Waals surface area contributed by atoms with Crippen LogP contribution in [-0.4, -0.2) is 50.9 Å². The highest BCUT2D eigenvalue weighted by Gasteiger charge is 2.27. The molecule has 0 saturated heterocycles. The van der Waals surface area contributed by atoms with Gasteiger partial charge in [-0.3, -0.25) is 14.3 Å². The maximum Gasteiger partial charge on any atom is 0.397 e. The SMILES string of the molecule is CCOC(=O)c1nc(-c2ccc(Oc3cc(C(=O)Nc4ccn(C)n4)cc(N(CC4CC4)C(C)=O)c3)cc2)no1. The van der Waals surface area contributed by atoms with Crippen LogP contribution in [0.4, 0.5) is 11.5 Å². The molecule has 0 bridgehead atoms. The number of nitrogens with zero attached hydrogens (tertiary/aromatic N) is 5. The minimum Gasteiger partial charge on any atom is -0.459 e. The fraction of sp³-hybridized carbons (Fsp3) is 0.286. The average molecular weight is 545 g/mol. The van der Waals surface area contributed by atoms with Gasteiger partial charge in [-0.1, -0.05) is 5.16 Å². The summed E-state index contributed by atoms with van der Waals surface area (Å²) < 4.78 is 17.6. The van der Waals surface area contributed by atoms with Crippen LogP contribution in [0.25, 0.3) is 11.4 Å². The van der Waals surface area contributed by atoms with Crippen molar-refractivity contribution >= 4 is 29.3 Å². The molecular formula is C28H28N6O6. The summed E-state index contributed by atoms with van der Waals surface area (Å²) >= 11 is 0. The number of aromatic nitrogens is 4. The summed E-state index contributed by atoms with van der Waals surface area (Å²) in [5.41, 5.74) is 1.48. The largest absolute Gasteiger partial charge is 0.459 e. The number of ether oxygens (including phenoxy) is 2. The molecule has 2 heterocycles. The fourth-order valence-electron chi connectivity index (χ4n) is 4.00. The third kappa shape index (κ3) is 6.34. The van der Waals surface area contributed by atoms with Gasteiger partial charge in [0.15, 0.2) is 5.82 Å². The number of carbonyl (C=O) groups excluding carboxylic acids is 3. The highest BCUT2D eigenvalue weighted by atomic mass is 16.6. The number of benzene rings is 2. The van der Waals surface area contributed by atoms with Gasteiger partial charge in [-0.2, -0.15) is 10.1 Å². The van der Waals surface area contributed by atoms with Crippen LogP contribution in [0.3, 0.4) is 0 Å². The number of hydrogen-bond acceptors (Lipinski definition) is 9. The molecule has 1 fully saturated rings. The van der Waals surface area contributed by atoms with Crippen LogP contribution >= 0.6 is 0 Å². The molecule has 1 saturated carbocycles. The van der Waals surface area contributed by atoms with Gasteiger partial charge in [0.05, 0.1) is 6.61 Å². The van der Waals surface area contributed by atoms with Crippen molar-refractivity contribution in [2.45, 2.75) is 26.7 Å². The maximum absolute atomic E-state index is 13.1. The van der Waals surface area contributed by atoms with Gasteiger partial charge in [0.1, 0.15) is 11.5 Å². The molecule has 5 rings (SSSR count). The molecule has 12 nitrogen and oxygen atoms in total. The van der Waals surface area contributed by atoms with Gasteiger partial charge in [-0.25, -0.2) is 4.79 Å². The molecular weight excluding hydrogens is 516 g/mol. The van der Waals surface area contributed by atoms with Gasteiger partial charge in [0, 0.05) is 55.7 Å². The maximum atomic E-state index is 13.1. The summed E-state index contributed by atoms with van der Waals surface area (Å²) in [6, 6.07) is 13.5. The van der Waals surface area contributed by atoms with Crippen molar-refractivity contribution in [2.24, 2.45) is 13.0 Å². The van der Waals surface area contributed by atoms with Crippen molar-refractivity contribution < 1.29 is 28.4 Å². The van der Waals surface area contributed by atoms with Crippen molar-refractivity contribution in [2.75, 3.05) is 23.4 Å². The van der Waals surface area contributed by atoms with E-state index in [-0.39, 0.29) is 30.1 Å². The Kier molecular flexibility index (Phi) is 7.58. The molecule has 2 aromatic heterocycles. The summed E-state index contributed by atoms with van der Waals surface area (Å²) in [5.74, 6) is 0.507. The summed E-state index contributed by atoms with van der Waals surface area (Å²) in [7, 11) is 1.76. The second-order valence-electron chi connectivity index (χ2n) is 9.39. The van der Waals surface area contributed by atoms with E-state index >= 15 is 0 Å². The predicted molar refractivity (Wildman–Crippen MR) is 144 cm³/mol. The van der Waals surface area contributed by atoms with E-state index in [1.54, 1.807) is 78.3 Å². The van der Waals surface area contributed by atoms with Crippen LogP contribution < -0.4 is 15.0 Å². The normalized spacial score (nSPS) is 12.6. The Morgan fingerprint density at radius 3 is 2.52 bits per heavy atom. The Hall–Kier alpha value is -5.00. The molecule has 1 N–H and O–H groups in total. The number of rotatable bonds is 10. The lowest BCUT2D eigenvalue weighted by Crippen LogP contribution is -2.30. The fourth-order valence-corrected chi connectivity index (χ4v) is 4.00. The molecule has 1 aliphatic carbocycles. The van der Waals surface area contributed by atoms with Crippen LogP contribution in [0.2, 0.25) is 0 Å². The second kappa shape index (κ2) is 11.4. The van der Waals surface area contributed by atoms with Gasteiger partial charge in [-0.05, 0) is 62.1 Å². The monoisotopic (exact) mass is 544 g/mol. The molecule has 206 valence electrons. The minimum absolute atomic E-state index is 0.119. The Morgan fingerprint density at radius 1 is 1.10 bits per heavy atom. The number of carbonyl (C=O) groups is 3. The van der Waals surface area contributed by atoms with Crippen LogP contribution in [0.1, 0.15) is 47.7 Å². The number of nitrogens with one attached hydrogen (secondary N) is 1. The first-order chi connectivity index (χ1) is 19.3. The second-order valence-corrected chi connectivity index (χ2v) is 9.39. The van der Waals surface area contributed by atoms with E-state index in [2.05, 4.69) is 20.6 Å². The van der Waals surface area contributed by atoms with Crippen LogP contribution in [0, 0.1) is 5.92 Å². The number of amides is 2. The zero-order valence-corrected chi connectivity index (χ0v) is 22.3. The molecule has 0 spiro atoms. The van der Waals surface area contributed by atoms with Crippen molar-refractivity contribution in [1.29, 1.82) is 0 Å². The molecule has 0 radical (unpaired) electrons. The molecule has 40 heavy (non-hydrogen) atoms. The zero-order chi connectivity index (χ0) is 28.2. The van der Waals surface area contributed by atoms with E-state index in [4.69, 9.17) is 14.0 Å². The van der Waals surface area contributed by atoms with Gasteiger partial charge in [0.25, 0.3) is 5.91 Å². The third-order valence-corrected chi connectivity index (χ3v) is 6.16. The molecule has 0 atom stereocenters. The standard InChI is InChI=1S/C28H28N6O6/c1-4-38-28(37)27-30-25(32-40-27)19-7-9-22(10-8-19)39-23-14-20(26(36)29-24-11-12-33(3)31-24)13-21(15-23)34(17(2)35)16-18-5-6-18/h7-15,18H,4-6,16H2,1-3H3,(H,29,31,36). The first-order valence-electron chi connectivity index (χ1n) is 12.8. The van der Waals surface area contributed by atoms with Crippen LogP contribution in [-0.2, 0) is 16.6 Å². The van der Waals surface area contributed by atoms with Gasteiger partial charge < -0.3 is 24.2 Å². The smallest absolute Gasteiger partial charge is 0.397 e. The molecule has 1 aliphatic rings. The van der Waals surface area contributed by atoms with E-state index in [1.807, 2.05) is 0 Å². The summed E-state index contributed by atoms with van der Waals surface area (Å²) in [6.45, 7) is 3.96. The van der Waals surface area contributed by atoms with Crippen LogP contribution in [0.5, 0.6) is 11.5 Å².